The van der Waals surface area contributed by atoms with E-state index in [1.165, 1.54) is 0 Å². The fourth-order valence-electron chi connectivity index (χ4n) is 3.42. The molecule has 0 radical (unpaired) electrons. The van der Waals surface area contributed by atoms with Gasteiger partial charge in [-0.1, -0.05) is 48.5 Å². The second-order valence-electron chi connectivity index (χ2n) is 6.45. The molecule has 0 bridgehead atoms. The number of ketones is 1. The van der Waals surface area contributed by atoms with Crippen LogP contribution >= 0.6 is 0 Å². The van der Waals surface area contributed by atoms with Crippen LogP contribution in [-0.2, 0) is 0 Å². The Kier molecular flexibility index (Phi) is 4.13. The van der Waals surface area contributed by atoms with Crippen LogP contribution in [0.25, 0.3) is 0 Å². The Labute approximate surface area is 153 Å². The molecule has 0 unspecified atom stereocenters. The van der Waals surface area contributed by atoms with E-state index in [4.69, 9.17) is 9.73 Å². The van der Waals surface area contributed by atoms with Gasteiger partial charge in [-0.15, -0.1) is 0 Å². The topological polar surface area (TPSA) is 38.7 Å². The van der Waals surface area contributed by atoms with E-state index < -0.39 is 0 Å². The first kappa shape index (κ1) is 16.3. The van der Waals surface area contributed by atoms with Crippen LogP contribution in [0.15, 0.2) is 77.8 Å². The number of methoxy groups -OCH3 is 1. The lowest BCUT2D eigenvalue weighted by Gasteiger charge is -2.12. The van der Waals surface area contributed by atoms with Gasteiger partial charge in [0.15, 0.2) is 5.78 Å². The zero-order chi connectivity index (χ0) is 18.1. The van der Waals surface area contributed by atoms with Crippen molar-refractivity contribution in [1.29, 1.82) is 0 Å². The minimum absolute atomic E-state index is 0.0946. The average molecular weight is 341 g/mol. The molecule has 3 aromatic carbocycles. The second kappa shape index (κ2) is 6.60. The summed E-state index contributed by atoms with van der Waals surface area (Å²) in [5.41, 5.74) is 5.40. The molecule has 0 heterocycles. The van der Waals surface area contributed by atoms with E-state index in [0.717, 1.165) is 39.4 Å². The molecule has 0 aliphatic heterocycles. The summed E-state index contributed by atoms with van der Waals surface area (Å²) in [6, 6.07) is 23.4. The normalized spacial score (nSPS) is 17.4. The first-order valence-corrected chi connectivity index (χ1v) is 8.60. The van der Waals surface area contributed by atoms with Crippen molar-refractivity contribution in [2.45, 2.75) is 12.8 Å². The first-order valence-electron chi connectivity index (χ1n) is 8.60. The van der Waals surface area contributed by atoms with E-state index in [1.807, 2.05) is 79.7 Å². The highest BCUT2D eigenvalue weighted by Gasteiger charge is 2.37. The number of rotatable bonds is 3. The highest BCUT2D eigenvalue weighted by atomic mass is 16.5. The Morgan fingerprint density at radius 3 is 2.31 bits per heavy atom. The number of aryl methyl sites for hydroxylation is 1. The fourth-order valence-corrected chi connectivity index (χ4v) is 3.42. The number of hydrogen-bond donors (Lipinski definition) is 0. The number of nitrogens with zero attached hydrogens (tertiary/aromatic N) is 1. The largest absolute Gasteiger partial charge is 0.497 e. The summed E-state index contributed by atoms with van der Waals surface area (Å²) >= 11 is 0. The van der Waals surface area contributed by atoms with E-state index in [2.05, 4.69) is 0 Å². The third-order valence-electron chi connectivity index (χ3n) is 4.70. The second-order valence-corrected chi connectivity index (χ2v) is 6.45. The molecule has 0 spiro atoms. The summed E-state index contributed by atoms with van der Waals surface area (Å²) in [6.45, 7) is 2.04. The van der Waals surface area contributed by atoms with Crippen molar-refractivity contribution in [1.82, 2.24) is 0 Å². The summed E-state index contributed by atoms with van der Waals surface area (Å²) < 4.78 is 5.24. The molecule has 1 aliphatic carbocycles. The molecule has 3 nitrogen and oxygen atoms in total. The number of Topliss-reactive ketones (excluding diaryl/α,β-unsaturated/α-hetero) is 1. The number of carbonyl (C=O) groups is 1. The SMILES string of the molecule is COc1ccc([C@H]2C(=O)c3ccccc3C2=Nc2cccc(C)c2)cc1. The molecule has 128 valence electrons. The Balaban J connectivity index is 1.87. The maximum absolute atomic E-state index is 13.1. The number of benzene rings is 3. The van der Waals surface area contributed by atoms with Crippen LogP contribution < -0.4 is 4.74 Å². The molecule has 26 heavy (non-hydrogen) atoms. The summed E-state index contributed by atoms with van der Waals surface area (Å²) in [5.74, 6) is 0.477. The Hall–Kier alpha value is -3.20. The van der Waals surface area contributed by atoms with Crippen LogP contribution in [0.3, 0.4) is 0 Å². The van der Waals surface area contributed by atoms with Crippen molar-refractivity contribution in [3.63, 3.8) is 0 Å². The van der Waals surface area contributed by atoms with Gasteiger partial charge in [0.25, 0.3) is 0 Å². The monoisotopic (exact) mass is 341 g/mol. The molecule has 3 aromatic rings. The van der Waals surface area contributed by atoms with E-state index in [-0.39, 0.29) is 11.7 Å². The van der Waals surface area contributed by atoms with Crippen molar-refractivity contribution in [2.75, 3.05) is 7.11 Å². The summed E-state index contributed by atoms with van der Waals surface area (Å²) in [5, 5.41) is 0. The van der Waals surface area contributed by atoms with Gasteiger partial charge in [0, 0.05) is 11.1 Å². The highest BCUT2D eigenvalue weighted by Crippen LogP contribution is 2.36. The van der Waals surface area contributed by atoms with E-state index in [9.17, 15) is 4.79 Å². The number of carbonyl (C=O) groups excluding carboxylic acids is 1. The fraction of sp³-hybridized carbons (Fsp3) is 0.130. The first-order chi connectivity index (χ1) is 12.7. The third-order valence-corrected chi connectivity index (χ3v) is 4.70. The predicted molar refractivity (Wildman–Crippen MR) is 104 cm³/mol. The van der Waals surface area contributed by atoms with Gasteiger partial charge in [0.1, 0.15) is 5.75 Å². The quantitative estimate of drug-likeness (QED) is 0.664. The zero-order valence-electron chi connectivity index (χ0n) is 14.8. The molecule has 0 saturated heterocycles. The van der Waals surface area contributed by atoms with Crippen molar-refractivity contribution in [3.05, 3.63) is 95.1 Å². The number of ether oxygens (including phenoxy) is 1. The zero-order valence-corrected chi connectivity index (χ0v) is 14.8. The Morgan fingerprint density at radius 2 is 1.62 bits per heavy atom. The lowest BCUT2D eigenvalue weighted by molar-refractivity contribution is 0.0988. The minimum Gasteiger partial charge on any atom is -0.497 e. The van der Waals surface area contributed by atoms with Crippen LogP contribution in [0.2, 0.25) is 0 Å². The Bertz CT molecular complexity index is 1000. The molecule has 1 atom stereocenters. The molecule has 0 fully saturated rings. The summed E-state index contributed by atoms with van der Waals surface area (Å²) in [7, 11) is 1.64. The molecule has 4 rings (SSSR count). The average Bonchev–Trinajstić information content (AvgIpc) is 2.94. The maximum atomic E-state index is 13.1. The highest BCUT2D eigenvalue weighted by molar-refractivity contribution is 6.32. The van der Waals surface area contributed by atoms with Gasteiger partial charge in [0.2, 0.25) is 0 Å². The van der Waals surface area contributed by atoms with Gasteiger partial charge < -0.3 is 4.74 Å². The number of fused-ring (bicyclic) bond motifs is 1. The number of aliphatic imine (C=N–C) groups is 1. The van der Waals surface area contributed by atoms with Gasteiger partial charge in [-0.3, -0.25) is 9.79 Å². The van der Waals surface area contributed by atoms with Crippen molar-refractivity contribution in [3.8, 4) is 5.75 Å². The van der Waals surface area contributed by atoms with Crippen LogP contribution in [0.5, 0.6) is 5.75 Å². The lowest BCUT2D eigenvalue weighted by atomic mass is 9.93. The minimum atomic E-state index is -0.390. The van der Waals surface area contributed by atoms with Gasteiger partial charge in [-0.05, 0) is 42.3 Å². The molecule has 0 N–H and O–H groups in total. The van der Waals surface area contributed by atoms with E-state index >= 15 is 0 Å². The van der Waals surface area contributed by atoms with Crippen molar-refractivity contribution < 1.29 is 9.53 Å². The molecule has 0 amide bonds. The van der Waals surface area contributed by atoms with Gasteiger partial charge in [-0.25, -0.2) is 0 Å². The predicted octanol–water partition coefficient (Wildman–Crippen LogP) is 5.10. The standard InChI is InChI=1S/C23H19NO2/c1-15-6-5-7-17(14-15)24-22-19-8-3-4-9-20(19)23(25)21(22)16-10-12-18(26-2)13-11-16/h3-14,21H,1-2H3/t21-/m1/s1. The molecule has 1 aliphatic rings. The van der Waals surface area contributed by atoms with Crippen LogP contribution in [0.4, 0.5) is 5.69 Å². The van der Waals surface area contributed by atoms with Crippen molar-refractivity contribution in [2.24, 2.45) is 4.99 Å². The molecule has 0 saturated carbocycles. The Morgan fingerprint density at radius 1 is 0.885 bits per heavy atom. The van der Waals surface area contributed by atoms with E-state index in [0.29, 0.717) is 0 Å². The smallest absolute Gasteiger partial charge is 0.176 e. The molecule has 3 heteroatoms. The van der Waals surface area contributed by atoms with Gasteiger partial charge in [0.05, 0.1) is 24.4 Å². The van der Waals surface area contributed by atoms with Gasteiger partial charge >= 0.3 is 0 Å². The van der Waals surface area contributed by atoms with Crippen LogP contribution in [-0.4, -0.2) is 18.6 Å². The molecule has 0 aromatic heterocycles. The summed E-state index contributed by atoms with van der Waals surface area (Å²) in [4.78, 5) is 18.0. The third kappa shape index (κ3) is 2.82. The maximum Gasteiger partial charge on any atom is 0.176 e. The number of hydrogen-bond acceptors (Lipinski definition) is 3. The lowest BCUT2D eigenvalue weighted by Crippen LogP contribution is -2.13. The van der Waals surface area contributed by atoms with Gasteiger partial charge in [-0.2, -0.15) is 0 Å². The van der Waals surface area contributed by atoms with Crippen molar-refractivity contribution >= 4 is 17.2 Å². The van der Waals surface area contributed by atoms with Crippen LogP contribution in [0, 0.1) is 6.92 Å². The van der Waals surface area contributed by atoms with Crippen LogP contribution in [0.1, 0.15) is 33.0 Å². The molecular weight excluding hydrogens is 322 g/mol. The van der Waals surface area contributed by atoms with E-state index in [1.54, 1.807) is 7.11 Å². The summed E-state index contributed by atoms with van der Waals surface area (Å²) in [6.07, 6.45) is 0. The molecular formula is C23H19NO2.